The number of carbonyl (C=O) groups is 1. The van der Waals surface area contributed by atoms with Crippen molar-refractivity contribution in [3.63, 3.8) is 0 Å². The van der Waals surface area contributed by atoms with Gasteiger partial charge in [0.1, 0.15) is 17.3 Å². The average Bonchev–Trinajstić information content (AvgIpc) is 2.84. The third kappa shape index (κ3) is 6.43. The molecule has 0 aliphatic carbocycles. The minimum absolute atomic E-state index is 0.0436. The summed E-state index contributed by atoms with van der Waals surface area (Å²) in [5.41, 5.74) is 1.26. The molecule has 2 aromatic rings. The van der Waals surface area contributed by atoms with Gasteiger partial charge in [-0.3, -0.25) is 9.78 Å². The molecular formula is C24H28F2N4O4S. The Labute approximate surface area is 208 Å². The van der Waals surface area contributed by atoms with E-state index >= 15 is 0 Å². The molecule has 8 nitrogen and oxygen atoms in total. The van der Waals surface area contributed by atoms with Gasteiger partial charge in [-0.05, 0) is 32.0 Å². The molecular weight excluding hydrogens is 478 g/mol. The lowest BCUT2D eigenvalue weighted by molar-refractivity contribution is -0.117. The minimum Gasteiger partial charge on any atom is -0.491 e. The zero-order chi connectivity index (χ0) is 25.6. The maximum atomic E-state index is 14.1. The molecule has 3 rings (SSSR count). The summed E-state index contributed by atoms with van der Waals surface area (Å²) in [4.78, 5) is 16.9. The molecule has 3 N–H and O–H groups in total. The second-order valence-corrected chi connectivity index (χ2v) is 8.75. The summed E-state index contributed by atoms with van der Waals surface area (Å²) >= 11 is 5.46. The van der Waals surface area contributed by atoms with Crippen molar-refractivity contribution in [3.05, 3.63) is 59.1 Å². The fourth-order valence-electron chi connectivity index (χ4n) is 3.28. The number of carbonyl (C=O) groups excluding carboxylic acids is 1. The maximum Gasteiger partial charge on any atom is 0.256 e. The van der Waals surface area contributed by atoms with Gasteiger partial charge in [0.15, 0.2) is 11.6 Å². The van der Waals surface area contributed by atoms with Gasteiger partial charge in [-0.2, -0.15) is 4.39 Å². The predicted molar refractivity (Wildman–Crippen MR) is 131 cm³/mol. The first kappa shape index (κ1) is 26.3. The van der Waals surface area contributed by atoms with Crippen molar-refractivity contribution in [1.82, 2.24) is 15.6 Å². The number of ether oxygens (including phenoxy) is 3. The van der Waals surface area contributed by atoms with Gasteiger partial charge in [0.2, 0.25) is 5.82 Å². The van der Waals surface area contributed by atoms with Crippen LogP contribution in [0.5, 0.6) is 11.5 Å². The highest BCUT2D eigenvalue weighted by Crippen LogP contribution is 2.30. The Morgan fingerprint density at radius 1 is 1.26 bits per heavy atom. The lowest BCUT2D eigenvalue weighted by Crippen LogP contribution is -2.39. The van der Waals surface area contributed by atoms with Crippen molar-refractivity contribution < 1.29 is 27.8 Å². The van der Waals surface area contributed by atoms with Crippen LogP contribution in [0.2, 0.25) is 0 Å². The van der Waals surface area contributed by atoms with Crippen LogP contribution < -0.4 is 25.4 Å². The summed E-state index contributed by atoms with van der Waals surface area (Å²) < 4.78 is 44.0. The molecule has 0 fully saturated rings. The maximum absolute atomic E-state index is 14.1. The lowest BCUT2D eigenvalue weighted by atomic mass is 10.1. The first-order chi connectivity index (χ1) is 16.7. The number of amides is 1. The van der Waals surface area contributed by atoms with Crippen molar-refractivity contribution in [2.24, 2.45) is 0 Å². The number of thiocarbonyl (C=S) groups is 1. The second kappa shape index (κ2) is 11.4. The summed E-state index contributed by atoms with van der Waals surface area (Å²) in [6.07, 6.45) is 3.76. The normalized spacial score (nSPS) is 13.8. The Bertz CT molecular complexity index is 1140. The number of benzene rings is 1. The van der Waals surface area contributed by atoms with E-state index in [1.165, 1.54) is 13.2 Å². The molecule has 0 unspecified atom stereocenters. The molecule has 0 atom stereocenters. The smallest absolute Gasteiger partial charge is 0.256 e. The topological polar surface area (TPSA) is 93.7 Å². The Balaban J connectivity index is 1.81. The summed E-state index contributed by atoms with van der Waals surface area (Å²) in [7, 11) is 2.83. The first-order valence-corrected chi connectivity index (χ1v) is 11.3. The van der Waals surface area contributed by atoms with E-state index in [1.54, 1.807) is 19.5 Å². The molecule has 1 aromatic carbocycles. The van der Waals surface area contributed by atoms with Gasteiger partial charge in [-0.25, -0.2) is 4.39 Å². The van der Waals surface area contributed by atoms with Crippen molar-refractivity contribution in [2.45, 2.75) is 32.4 Å². The monoisotopic (exact) mass is 506 g/mol. The number of halogens is 2. The van der Waals surface area contributed by atoms with Gasteiger partial charge in [0.25, 0.3) is 5.91 Å². The van der Waals surface area contributed by atoms with E-state index in [4.69, 9.17) is 26.4 Å². The van der Waals surface area contributed by atoms with E-state index in [0.717, 1.165) is 11.6 Å². The number of methoxy groups -OCH3 is 2. The van der Waals surface area contributed by atoms with E-state index in [9.17, 15) is 13.6 Å². The van der Waals surface area contributed by atoms with E-state index in [-0.39, 0.29) is 27.9 Å². The van der Waals surface area contributed by atoms with Gasteiger partial charge in [-0.1, -0.05) is 12.2 Å². The van der Waals surface area contributed by atoms with Crippen LogP contribution in [0.25, 0.3) is 0 Å². The largest absolute Gasteiger partial charge is 0.491 e. The van der Waals surface area contributed by atoms with Crippen LogP contribution in [-0.2, 0) is 16.1 Å². The number of hydrogen-bond acceptors (Lipinski definition) is 7. The number of anilines is 1. The molecule has 188 valence electrons. The van der Waals surface area contributed by atoms with Gasteiger partial charge in [0.05, 0.1) is 30.2 Å². The molecule has 1 aliphatic heterocycles. The number of aromatic nitrogens is 1. The number of nitrogens with one attached hydrogen (secondary N) is 3. The Morgan fingerprint density at radius 2 is 2.03 bits per heavy atom. The first-order valence-electron chi connectivity index (χ1n) is 10.9. The van der Waals surface area contributed by atoms with Gasteiger partial charge in [-0.15, -0.1) is 0 Å². The van der Waals surface area contributed by atoms with Gasteiger partial charge in [0, 0.05) is 44.1 Å². The van der Waals surface area contributed by atoms with E-state index in [0.29, 0.717) is 37.6 Å². The highest BCUT2D eigenvalue weighted by Gasteiger charge is 2.26. The van der Waals surface area contributed by atoms with Crippen LogP contribution in [0.1, 0.15) is 25.8 Å². The lowest BCUT2D eigenvalue weighted by Gasteiger charge is -2.25. The average molecular weight is 507 g/mol. The molecule has 0 bridgehead atoms. The number of rotatable bonds is 10. The van der Waals surface area contributed by atoms with Crippen LogP contribution in [0, 0.1) is 11.6 Å². The summed E-state index contributed by atoms with van der Waals surface area (Å²) in [5, 5.41) is 8.83. The minimum atomic E-state index is -1.15. The van der Waals surface area contributed by atoms with E-state index in [1.807, 2.05) is 19.9 Å². The molecule has 11 heteroatoms. The molecule has 2 heterocycles. The van der Waals surface area contributed by atoms with Crippen LogP contribution in [-0.4, -0.2) is 48.9 Å². The van der Waals surface area contributed by atoms with Gasteiger partial charge >= 0.3 is 0 Å². The van der Waals surface area contributed by atoms with Crippen LogP contribution in [0.4, 0.5) is 14.5 Å². The molecule has 0 saturated carbocycles. The molecule has 1 aliphatic rings. The number of pyridine rings is 1. The molecule has 0 radical (unpaired) electrons. The highest BCUT2D eigenvalue weighted by molar-refractivity contribution is 7.81. The van der Waals surface area contributed by atoms with Gasteiger partial charge < -0.3 is 30.2 Å². The van der Waals surface area contributed by atoms with Crippen molar-refractivity contribution in [1.29, 1.82) is 0 Å². The van der Waals surface area contributed by atoms with Crippen molar-refractivity contribution in [3.8, 4) is 11.5 Å². The van der Waals surface area contributed by atoms with E-state index < -0.39 is 17.2 Å². The van der Waals surface area contributed by atoms with Crippen LogP contribution in [0.3, 0.4) is 0 Å². The Kier molecular flexibility index (Phi) is 8.57. The van der Waals surface area contributed by atoms with Crippen molar-refractivity contribution >= 4 is 28.8 Å². The number of hydrogen-bond donors (Lipinski definition) is 3. The summed E-state index contributed by atoms with van der Waals surface area (Å²) in [6, 6.07) is 4.06. The fraction of sp³-hybridized carbons (Fsp3) is 0.375. The Morgan fingerprint density at radius 3 is 2.74 bits per heavy atom. The quantitative estimate of drug-likeness (QED) is 0.422. The molecule has 0 spiro atoms. The third-order valence-electron chi connectivity index (χ3n) is 5.41. The Hall–Kier alpha value is -3.31. The predicted octanol–water partition coefficient (Wildman–Crippen LogP) is 3.48. The highest BCUT2D eigenvalue weighted by atomic mass is 32.1. The van der Waals surface area contributed by atoms with E-state index in [2.05, 4.69) is 20.9 Å². The zero-order valence-corrected chi connectivity index (χ0v) is 20.8. The molecule has 35 heavy (non-hydrogen) atoms. The zero-order valence-electron chi connectivity index (χ0n) is 20.0. The fourth-order valence-corrected chi connectivity index (χ4v) is 3.61. The van der Waals surface area contributed by atoms with Crippen LogP contribution >= 0.6 is 12.2 Å². The van der Waals surface area contributed by atoms with Crippen molar-refractivity contribution in [2.75, 3.05) is 32.7 Å². The summed E-state index contributed by atoms with van der Waals surface area (Å²) in [5.74, 6) is -2.34. The standard InChI is InChI=1S/C24H28F2N4O4S/c1-24(2,33-4)13-34-18-12-27-9-7-14(18)11-29-16-8-10-28-22(31)19(16)23(35)30-17-6-5-15(25)20(26)21(17)32-3/h5-7,9,12,29H,8,10-11,13H2,1-4H3,(H,28,31)(H,30,35). The number of nitrogens with zero attached hydrogens (tertiary/aromatic N) is 1. The SMILES string of the molecule is COc1c(NC(=S)C2=C(NCc3ccncc3OCC(C)(C)OC)CCNC2=O)ccc(F)c1F. The second-order valence-electron chi connectivity index (χ2n) is 8.35. The van der Waals surface area contributed by atoms with Crippen LogP contribution in [0.15, 0.2) is 41.9 Å². The molecule has 0 saturated heterocycles. The molecule has 1 amide bonds. The third-order valence-corrected chi connectivity index (χ3v) is 5.72. The summed E-state index contributed by atoms with van der Waals surface area (Å²) in [6.45, 7) is 4.91. The molecule has 1 aromatic heterocycles.